The Balaban J connectivity index is 2.19. The van der Waals surface area contributed by atoms with Gasteiger partial charge in [0.05, 0.1) is 0 Å². The van der Waals surface area contributed by atoms with Crippen LogP contribution >= 0.6 is 16.1 Å². The highest BCUT2D eigenvalue weighted by molar-refractivity contribution is 9.07. The molecule has 1 rings (SSSR count). The van der Waals surface area contributed by atoms with Gasteiger partial charge in [-0.1, -0.05) is 0 Å². The van der Waals surface area contributed by atoms with E-state index in [-0.39, 0.29) is 0 Å². The second kappa shape index (κ2) is 2.80. The summed E-state index contributed by atoms with van der Waals surface area (Å²) in [4.78, 5) is 0. The minimum Gasteiger partial charge on any atom is -0.328 e. The summed E-state index contributed by atoms with van der Waals surface area (Å²) in [5.74, 6) is 0. The van der Waals surface area contributed by atoms with Crippen molar-refractivity contribution < 1.29 is 0 Å². The summed E-state index contributed by atoms with van der Waals surface area (Å²) in [6.45, 7) is 2.20. The van der Waals surface area contributed by atoms with Gasteiger partial charge in [0.15, 0.2) is 0 Å². The summed E-state index contributed by atoms with van der Waals surface area (Å²) in [5.41, 5.74) is 5.65. The molecule has 1 fully saturated rings. The molecule has 2 N–H and O–H groups in total. The van der Waals surface area contributed by atoms with Crippen molar-refractivity contribution in [1.29, 1.82) is 0 Å². The van der Waals surface area contributed by atoms with E-state index in [9.17, 15) is 0 Å². The summed E-state index contributed by atoms with van der Waals surface area (Å²) in [5, 5.41) is 0. The zero-order chi connectivity index (χ0) is 5.98. The van der Waals surface area contributed by atoms with Crippen LogP contribution in [0.4, 0.5) is 0 Å². The monoisotopic (exact) mass is 178 g/mol. The molecular weight excluding hydrogens is 168 g/mol. The first-order chi connectivity index (χ1) is 3.79. The molecule has 1 saturated heterocycles. The van der Waals surface area contributed by atoms with Crippen molar-refractivity contribution in [2.75, 3.05) is 13.1 Å². The molecule has 1 heterocycles. The zero-order valence-corrected chi connectivity index (χ0v) is 6.39. The second-order valence-electron chi connectivity index (χ2n) is 2.25. The predicted molar refractivity (Wildman–Crippen MR) is 37.7 cm³/mol. The highest BCUT2D eigenvalue weighted by atomic mass is 79.9. The molecule has 2 nitrogen and oxygen atoms in total. The summed E-state index contributed by atoms with van der Waals surface area (Å²) < 4.78 is 2.14. The van der Waals surface area contributed by atoms with Crippen LogP contribution in [0.3, 0.4) is 0 Å². The lowest BCUT2D eigenvalue weighted by atomic mass is 10.1. The molecule has 0 aromatic carbocycles. The average Bonchev–Trinajstić information content (AvgIpc) is 1.77. The van der Waals surface area contributed by atoms with Crippen LogP contribution in [0.25, 0.3) is 0 Å². The third-order valence-corrected chi connectivity index (χ3v) is 2.19. The SMILES string of the molecule is NC1CCN(Br)CC1. The fourth-order valence-electron chi connectivity index (χ4n) is 0.868. The van der Waals surface area contributed by atoms with Crippen LogP contribution in [0.1, 0.15) is 12.8 Å². The Labute approximate surface area is 58.4 Å². The van der Waals surface area contributed by atoms with E-state index >= 15 is 0 Å². The number of nitrogens with two attached hydrogens (primary N) is 1. The topological polar surface area (TPSA) is 29.3 Å². The normalized spacial score (nSPS) is 26.2. The lowest BCUT2D eigenvalue weighted by molar-refractivity contribution is 0.356. The molecule has 0 unspecified atom stereocenters. The van der Waals surface area contributed by atoms with Gasteiger partial charge in [0.1, 0.15) is 0 Å². The number of piperidine rings is 1. The molecule has 8 heavy (non-hydrogen) atoms. The van der Waals surface area contributed by atoms with Crippen molar-refractivity contribution in [2.45, 2.75) is 18.9 Å². The molecule has 1 aliphatic rings. The van der Waals surface area contributed by atoms with E-state index < -0.39 is 0 Å². The highest BCUT2D eigenvalue weighted by Crippen LogP contribution is 2.10. The van der Waals surface area contributed by atoms with Crippen LogP contribution in [-0.4, -0.2) is 23.1 Å². The fourth-order valence-corrected chi connectivity index (χ4v) is 1.28. The summed E-state index contributed by atoms with van der Waals surface area (Å²) >= 11 is 3.39. The smallest absolute Gasteiger partial charge is 0.0120 e. The Hall–Kier alpha value is 0.400. The van der Waals surface area contributed by atoms with Gasteiger partial charge >= 0.3 is 0 Å². The predicted octanol–water partition coefficient (Wildman–Crippen LogP) is 0.719. The number of nitrogens with zero attached hydrogens (tertiary/aromatic N) is 1. The molecule has 1 aliphatic heterocycles. The van der Waals surface area contributed by atoms with Gasteiger partial charge < -0.3 is 5.73 Å². The standard InChI is InChI=1S/C5H11BrN2/c6-8-3-1-5(7)2-4-8/h5H,1-4,7H2. The Kier molecular flexibility index (Phi) is 2.28. The first-order valence-corrected chi connectivity index (χ1v) is 3.66. The van der Waals surface area contributed by atoms with E-state index in [1.807, 2.05) is 0 Å². The van der Waals surface area contributed by atoms with Gasteiger partial charge in [-0.3, -0.25) is 0 Å². The van der Waals surface area contributed by atoms with Crippen LogP contribution in [-0.2, 0) is 0 Å². The molecule has 0 aliphatic carbocycles. The molecule has 0 spiro atoms. The molecule has 0 bridgehead atoms. The van der Waals surface area contributed by atoms with Crippen molar-refractivity contribution in [3.63, 3.8) is 0 Å². The Morgan fingerprint density at radius 3 is 2.25 bits per heavy atom. The third-order valence-electron chi connectivity index (χ3n) is 1.49. The van der Waals surface area contributed by atoms with Crippen molar-refractivity contribution in [3.8, 4) is 0 Å². The minimum atomic E-state index is 0.448. The van der Waals surface area contributed by atoms with Gasteiger partial charge in [-0.15, -0.1) is 0 Å². The van der Waals surface area contributed by atoms with Gasteiger partial charge in [0.2, 0.25) is 0 Å². The minimum absolute atomic E-state index is 0.448. The van der Waals surface area contributed by atoms with E-state index in [0.29, 0.717) is 6.04 Å². The van der Waals surface area contributed by atoms with Crippen molar-refractivity contribution >= 4 is 16.1 Å². The maximum Gasteiger partial charge on any atom is 0.0120 e. The average molecular weight is 179 g/mol. The number of rotatable bonds is 0. The molecule has 0 amide bonds. The van der Waals surface area contributed by atoms with E-state index in [0.717, 1.165) is 25.9 Å². The lowest BCUT2D eigenvalue weighted by Crippen LogP contribution is -2.34. The Morgan fingerprint density at radius 1 is 1.38 bits per heavy atom. The van der Waals surface area contributed by atoms with Crippen LogP contribution in [0, 0.1) is 0 Å². The van der Waals surface area contributed by atoms with Crippen LogP contribution in [0.2, 0.25) is 0 Å². The first kappa shape index (κ1) is 6.52. The maximum atomic E-state index is 5.65. The third kappa shape index (κ3) is 1.73. The summed E-state index contributed by atoms with van der Waals surface area (Å²) in [6, 6.07) is 0.448. The highest BCUT2D eigenvalue weighted by Gasteiger charge is 2.12. The van der Waals surface area contributed by atoms with E-state index in [4.69, 9.17) is 5.73 Å². The summed E-state index contributed by atoms with van der Waals surface area (Å²) in [6.07, 6.45) is 2.26. The number of hydrogen-bond acceptors (Lipinski definition) is 2. The van der Waals surface area contributed by atoms with Crippen LogP contribution in [0.15, 0.2) is 0 Å². The molecular formula is C5H11BrN2. The van der Waals surface area contributed by atoms with Gasteiger partial charge in [0.25, 0.3) is 0 Å². The van der Waals surface area contributed by atoms with Gasteiger partial charge in [-0.25, -0.2) is 3.93 Å². The van der Waals surface area contributed by atoms with E-state index in [2.05, 4.69) is 20.1 Å². The molecule has 0 aromatic heterocycles. The van der Waals surface area contributed by atoms with Crippen LogP contribution < -0.4 is 5.73 Å². The Morgan fingerprint density at radius 2 is 1.88 bits per heavy atom. The van der Waals surface area contributed by atoms with Crippen LogP contribution in [0.5, 0.6) is 0 Å². The van der Waals surface area contributed by atoms with E-state index in [1.165, 1.54) is 0 Å². The number of hydrogen-bond donors (Lipinski definition) is 1. The first-order valence-electron chi connectivity index (χ1n) is 2.95. The molecule has 48 valence electrons. The van der Waals surface area contributed by atoms with Crippen molar-refractivity contribution in [1.82, 2.24) is 3.93 Å². The Bertz CT molecular complexity index is 58.8. The van der Waals surface area contributed by atoms with Gasteiger partial charge in [0, 0.05) is 35.3 Å². The molecule has 0 aromatic rings. The van der Waals surface area contributed by atoms with Crippen molar-refractivity contribution in [3.05, 3.63) is 0 Å². The number of halogens is 1. The lowest BCUT2D eigenvalue weighted by Gasteiger charge is -2.23. The zero-order valence-electron chi connectivity index (χ0n) is 4.81. The van der Waals surface area contributed by atoms with Gasteiger partial charge in [-0.05, 0) is 12.8 Å². The molecule has 0 atom stereocenters. The molecule has 0 radical (unpaired) electrons. The van der Waals surface area contributed by atoms with Crippen molar-refractivity contribution in [2.24, 2.45) is 5.73 Å². The molecule has 3 heteroatoms. The quantitative estimate of drug-likeness (QED) is 0.555. The molecule has 0 saturated carbocycles. The fraction of sp³-hybridized carbons (Fsp3) is 1.00. The largest absolute Gasteiger partial charge is 0.328 e. The summed E-state index contributed by atoms with van der Waals surface area (Å²) in [7, 11) is 0. The van der Waals surface area contributed by atoms with Gasteiger partial charge in [-0.2, -0.15) is 0 Å². The maximum absolute atomic E-state index is 5.65. The second-order valence-corrected chi connectivity index (χ2v) is 3.25. The van der Waals surface area contributed by atoms with E-state index in [1.54, 1.807) is 0 Å².